The molecule has 5 nitrogen and oxygen atoms in total. The molecule has 1 fully saturated rings. The maximum atomic E-state index is 12.5. The molecule has 1 amide bonds. The third-order valence-electron chi connectivity index (χ3n) is 4.85. The van der Waals surface area contributed by atoms with E-state index < -0.39 is 12.0 Å². The van der Waals surface area contributed by atoms with Gasteiger partial charge in [0.05, 0.1) is 6.04 Å². The first-order chi connectivity index (χ1) is 12.6. The molecule has 0 aromatic heterocycles. The fraction of sp³-hybridized carbons (Fsp3) is 0.333. The van der Waals surface area contributed by atoms with E-state index in [0.29, 0.717) is 19.4 Å². The fourth-order valence-electron chi connectivity index (χ4n) is 3.50. The summed E-state index contributed by atoms with van der Waals surface area (Å²) in [6.45, 7) is 1.21. The highest BCUT2D eigenvalue weighted by Gasteiger charge is 2.30. The maximum absolute atomic E-state index is 12.5. The van der Waals surface area contributed by atoms with Crippen LogP contribution in [0.4, 0.5) is 0 Å². The molecule has 3 rings (SSSR count). The summed E-state index contributed by atoms with van der Waals surface area (Å²) >= 11 is 0. The molecule has 0 aliphatic carbocycles. The summed E-state index contributed by atoms with van der Waals surface area (Å²) < 4.78 is 0. The molecule has 1 aliphatic heterocycles. The Hall–Kier alpha value is -2.66. The van der Waals surface area contributed by atoms with Gasteiger partial charge in [-0.1, -0.05) is 60.7 Å². The largest absolute Gasteiger partial charge is 0.480 e. The van der Waals surface area contributed by atoms with Crippen molar-refractivity contribution in [2.75, 3.05) is 13.1 Å². The number of carboxylic acids is 1. The quantitative estimate of drug-likeness (QED) is 0.804. The Morgan fingerprint density at radius 3 is 2.15 bits per heavy atom. The molecule has 26 heavy (non-hydrogen) atoms. The van der Waals surface area contributed by atoms with Gasteiger partial charge in [-0.15, -0.1) is 0 Å². The molecule has 2 aromatic carbocycles. The summed E-state index contributed by atoms with van der Waals surface area (Å²) in [6.07, 6.45) is 1.82. The van der Waals surface area contributed by atoms with Gasteiger partial charge in [0.15, 0.2) is 0 Å². The first-order valence-corrected chi connectivity index (χ1v) is 9.01. The number of likely N-dealkylation sites (tertiary alicyclic amines) is 1. The van der Waals surface area contributed by atoms with E-state index in [4.69, 9.17) is 0 Å². The van der Waals surface area contributed by atoms with Crippen molar-refractivity contribution in [3.63, 3.8) is 0 Å². The minimum Gasteiger partial charge on any atom is -0.480 e. The lowest BCUT2D eigenvalue weighted by molar-refractivity contribution is -0.142. The molecule has 0 saturated carbocycles. The Morgan fingerprint density at radius 1 is 1.04 bits per heavy atom. The van der Waals surface area contributed by atoms with Crippen molar-refractivity contribution in [2.24, 2.45) is 0 Å². The van der Waals surface area contributed by atoms with E-state index in [1.165, 1.54) is 0 Å². The van der Waals surface area contributed by atoms with Crippen LogP contribution in [0.3, 0.4) is 0 Å². The van der Waals surface area contributed by atoms with Crippen LogP contribution < -0.4 is 5.32 Å². The number of amides is 1. The number of aliphatic carboxylic acids is 1. The number of nitrogens with one attached hydrogen (secondary N) is 1. The Bertz CT molecular complexity index is 694. The Labute approximate surface area is 153 Å². The van der Waals surface area contributed by atoms with Gasteiger partial charge in [0, 0.05) is 13.0 Å². The topological polar surface area (TPSA) is 69.6 Å². The van der Waals surface area contributed by atoms with Crippen LogP contribution >= 0.6 is 0 Å². The molecule has 2 aromatic rings. The van der Waals surface area contributed by atoms with Gasteiger partial charge >= 0.3 is 5.97 Å². The third kappa shape index (κ3) is 4.49. The van der Waals surface area contributed by atoms with Crippen LogP contribution in [-0.4, -0.2) is 41.0 Å². The van der Waals surface area contributed by atoms with Gasteiger partial charge in [0.25, 0.3) is 0 Å². The number of nitrogens with zero attached hydrogens (tertiary/aromatic N) is 1. The van der Waals surface area contributed by atoms with E-state index in [-0.39, 0.29) is 11.9 Å². The van der Waals surface area contributed by atoms with E-state index >= 15 is 0 Å². The lowest BCUT2D eigenvalue weighted by atomic mass is 9.98. The molecule has 0 spiro atoms. The molecule has 0 bridgehead atoms. The van der Waals surface area contributed by atoms with Crippen LogP contribution in [0, 0.1) is 0 Å². The number of carbonyl (C=O) groups is 2. The molecular weight excluding hydrogens is 328 g/mol. The normalized spacial score (nSPS) is 17.3. The van der Waals surface area contributed by atoms with Gasteiger partial charge in [-0.25, -0.2) is 0 Å². The van der Waals surface area contributed by atoms with Crippen LogP contribution in [0.15, 0.2) is 60.7 Å². The van der Waals surface area contributed by atoms with Crippen molar-refractivity contribution in [3.05, 3.63) is 71.8 Å². The number of benzene rings is 2. The van der Waals surface area contributed by atoms with Crippen LogP contribution in [0.1, 0.15) is 36.4 Å². The first kappa shape index (κ1) is 18.1. The predicted octanol–water partition coefficient (Wildman–Crippen LogP) is 2.83. The Kier molecular flexibility index (Phi) is 6.02. The van der Waals surface area contributed by atoms with Crippen molar-refractivity contribution in [3.8, 4) is 0 Å². The molecule has 1 atom stereocenters. The van der Waals surface area contributed by atoms with E-state index in [0.717, 1.165) is 24.1 Å². The zero-order chi connectivity index (χ0) is 18.4. The number of hydrogen-bond donors (Lipinski definition) is 2. The summed E-state index contributed by atoms with van der Waals surface area (Å²) in [5.74, 6) is -0.867. The highest BCUT2D eigenvalue weighted by Crippen LogP contribution is 2.22. The summed E-state index contributed by atoms with van der Waals surface area (Å²) in [6, 6.07) is 19.1. The third-order valence-corrected chi connectivity index (χ3v) is 4.85. The van der Waals surface area contributed by atoms with Gasteiger partial charge in [0.1, 0.15) is 6.04 Å². The molecule has 1 aliphatic rings. The van der Waals surface area contributed by atoms with Gasteiger partial charge < -0.3 is 10.4 Å². The first-order valence-electron chi connectivity index (χ1n) is 9.01. The van der Waals surface area contributed by atoms with E-state index in [1.807, 2.05) is 65.6 Å². The highest BCUT2D eigenvalue weighted by molar-refractivity contribution is 5.77. The van der Waals surface area contributed by atoms with Crippen LogP contribution in [-0.2, 0) is 9.59 Å². The summed E-state index contributed by atoms with van der Waals surface area (Å²) in [5.41, 5.74) is 2.05. The monoisotopic (exact) mass is 352 g/mol. The molecule has 1 saturated heterocycles. The van der Waals surface area contributed by atoms with E-state index in [1.54, 1.807) is 0 Å². The van der Waals surface area contributed by atoms with Crippen molar-refractivity contribution < 1.29 is 14.7 Å². The fourth-order valence-corrected chi connectivity index (χ4v) is 3.50. The highest BCUT2D eigenvalue weighted by atomic mass is 16.4. The van der Waals surface area contributed by atoms with E-state index in [9.17, 15) is 14.7 Å². The average Bonchev–Trinajstić information content (AvgIpc) is 3.15. The second-order valence-corrected chi connectivity index (χ2v) is 6.60. The molecule has 136 valence electrons. The van der Waals surface area contributed by atoms with Crippen LogP contribution in [0.2, 0.25) is 0 Å². The Morgan fingerprint density at radius 2 is 1.62 bits per heavy atom. The second-order valence-electron chi connectivity index (χ2n) is 6.60. The summed E-state index contributed by atoms with van der Waals surface area (Å²) in [7, 11) is 0. The molecule has 0 unspecified atom stereocenters. The van der Waals surface area contributed by atoms with Crippen LogP contribution in [0.25, 0.3) is 0 Å². The summed E-state index contributed by atoms with van der Waals surface area (Å²) in [5, 5.41) is 12.4. The molecule has 1 heterocycles. The van der Waals surface area contributed by atoms with Gasteiger partial charge in [0.2, 0.25) is 5.91 Å². The molecule has 5 heteroatoms. The lowest BCUT2D eigenvalue weighted by Crippen LogP contribution is -2.39. The van der Waals surface area contributed by atoms with Gasteiger partial charge in [-0.3, -0.25) is 14.5 Å². The van der Waals surface area contributed by atoms with Gasteiger partial charge in [-0.05, 0) is 30.5 Å². The standard InChI is InChI=1S/C21H24N2O3/c24-19(13-15-23-14-7-12-18(23)21(25)26)22-20(16-8-3-1-4-9-16)17-10-5-2-6-11-17/h1-6,8-11,18,20H,7,12-15H2,(H,22,24)(H,25,26)/t18-/m0/s1. The lowest BCUT2D eigenvalue weighted by Gasteiger charge is -2.23. The minimum absolute atomic E-state index is 0.0706. The SMILES string of the molecule is O=C(CCN1CCC[C@H]1C(=O)O)NC(c1ccccc1)c1ccccc1. The smallest absolute Gasteiger partial charge is 0.320 e. The number of hydrogen-bond acceptors (Lipinski definition) is 3. The Balaban J connectivity index is 1.65. The predicted molar refractivity (Wildman–Crippen MR) is 99.7 cm³/mol. The molecular formula is C21H24N2O3. The number of carboxylic acid groups (broad SMARTS) is 1. The van der Waals surface area contributed by atoms with Crippen molar-refractivity contribution in [2.45, 2.75) is 31.3 Å². The molecule has 0 radical (unpaired) electrons. The zero-order valence-corrected chi connectivity index (χ0v) is 14.7. The zero-order valence-electron chi connectivity index (χ0n) is 14.7. The number of carbonyl (C=O) groups excluding carboxylic acids is 1. The maximum Gasteiger partial charge on any atom is 0.320 e. The summed E-state index contributed by atoms with van der Waals surface area (Å²) in [4.78, 5) is 25.7. The van der Waals surface area contributed by atoms with Crippen molar-refractivity contribution in [1.82, 2.24) is 10.2 Å². The van der Waals surface area contributed by atoms with Crippen molar-refractivity contribution in [1.29, 1.82) is 0 Å². The molecule has 2 N–H and O–H groups in total. The van der Waals surface area contributed by atoms with Crippen molar-refractivity contribution >= 4 is 11.9 Å². The van der Waals surface area contributed by atoms with E-state index in [2.05, 4.69) is 5.32 Å². The number of rotatable bonds is 7. The minimum atomic E-state index is -0.797. The van der Waals surface area contributed by atoms with Gasteiger partial charge in [-0.2, -0.15) is 0 Å². The second kappa shape index (κ2) is 8.63. The average molecular weight is 352 g/mol. The van der Waals surface area contributed by atoms with Crippen LogP contribution in [0.5, 0.6) is 0 Å².